The van der Waals surface area contributed by atoms with E-state index in [1.54, 1.807) is 0 Å². The van der Waals surface area contributed by atoms with Gasteiger partial charge in [-0.05, 0) is 70.6 Å². The van der Waals surface area contributed by atoms with Gasteiger partial charge in [0.1, 0.15) is 13.2 Å². The number of rotatable bonds is 44. The van der Waals surface area contributed by atoms with Crippen molar-refractivity contribution >= 4 is 17.9 Å². The molecule has 6 nitrogen and oxygen atoms in total. The van der Waals surface area contributed by atoms with Crippen molar-refractivity contribution in [3.63, 3.8) is 0 Å². The van der Waals surface area contributed by atoms with Gasteiger partial charge in [-0.1, -0.05) is 233 Å². The lowest BCUT2D eigenvalue weighted by molar-refractivity contribution is -0.167. The van der Waals surface area contributed by atoms with Crippen LogP contribution < -0.4 is 0 Å². The summed E-state index contributed by atoms with van der Waals surface area (Å²) < 4.78 is 16.7. The van der Waals surface area contributed by atoms with Gasteiger partial charge in [-0.15, -0.1) is 0 Å². The number of carbonyl (C=O) groups excluding carboxylic acids is 3. The summed E-state index contributed by atoms with van der Waals surface area (Å²) in [5.41, 5.74) is 0. The standard InChI is InChI=1S/C57H92O6/c1-4-7-10-13-16-19-22-25-26-27-28-29-30-33-35-38-41-44-47-50-56(59)62-53-54(63-57(60)51-48-45-42-39-36-32-24-21-18-15-12-9-6-3)52-61-55(58)49-46-43-40-37-34-31-23-20-17-14-11-8-5-2/h7,9-10,12,15-16,18-19,21,24-26,28-29,32,36,39,42,54H,4-6,8,11,13-14,17,20,22-23,27,30-31,33-35,37-38,40-41,43-53H2,1-3H3/b10-7+,12-9+,18-15+,19-16+,24-21+,26-25+,29-28+,36-32+,42-39+. The summed E-state index contributed by atoms with van der Waals surface area (Å²) in [6.45, 7) is 6.29. The van der Waals surface area contributed by atoms with Crippen LogP contribution in [0.1, 0.15) is 213 Å². The highest BCUT2D eigenvalue weighted by Gasteiger charge is 2.19. The molecule has 0 fully saturated rings. The number of ether oxygens (including phenoxy) is 3. The zero-order valence-electron chi connectivity index (χ0n) is 40.5. The third-order valence-electron chi connectivity index (χ3n) is 10.4. The zero-order valence-corrected chi connectivity index (χ0v) is 40.5. The van der Waals surface area contributed by atoms with Crippen LogP contribution >= 0.6 is 0 Å². The lowest BCUT2D eigenvalue weighted by Crippen LogP contribution is -2.30. The summed E-state index contributed by atoms with van der Waals surface area (Å²) in [5.74, 6) is -1.01. The molecule has 0 aliphatic carbocycles. The molecule has 0 aliphatic heterocycles. The molecule has 6 heteroatoms. The Morgan fingerprint density at radius 2 is 0.714 bits per heavy atom. The summed E-state index contributed by atoms with van der Waals surface area (Å²) in [4.78, 5) is 37.9. The molecule has 0 aliphatic rings. The smallest absolute Gasteiger partial charge is 0.306 e. The van der Waals surface area contributed by atoms with Crippen molar-refractivity contribution in [1.29, 1.82) is 0 Å². The number of carbonyl (C=O) groups is 3. The Bertz CT molecular complexity index is 1330. The third-order valence-corrected chi connectivity index (χ3v) is 10.4. The number of allylic oxidation sites excluding steroid dienone is 18. The van der Waals surface area contributed by atoms with Crippen LogP contribution in [0.4, 0.5) is 0 Å². The van der Waals surface area contributed by atoms with Crippen molar-refractivity contribution in [2.75, 3.05) is 13.2 Å². The Labute approximate surface area is 387 Å². The Morgan fingerprint density at radius 1 is 0.349 bits per heavy atom. The van der Waals surface area contributed by atoms with Crippen LogP contribution in [0.25, 0.3) is 0 Å². The van der Waals surface area contributed by atoms with E-state index in [4.69, 9.17) is 14.2 Å². The molecule has 356 valence electrons. The molecule has 0 radical (unpaired) electrons. The fourth-order valence-electron chi connectivity index (χ4n) is 6.64. The highest BCUT2D eigenvalue weighted by molar-refractivity contribution is 5.71. The van der Waals surface area contributed by atoms with Crippen molar-refractivity contribution in [1.82, 2.24) is 0 Å². The predicted molar refractivity (Wildman–Crippen MR) is 270 cm³/mol. The Hall–Kier alpha value is -3.93. The Morgan fingerprint density at radius 3 is 1.19 bits per heavy atom. The van der Waals surface area contributed by atoms with Gasteiger partial charge in [0.2, 0.25) is 0 Å². The molecule has 0 rings (SSSR count). The van der Waals surface area contributed by atoms with Crippen molar-refractivity contribution in [2.45, 2.75) is 219 Å². The summed E-state index contributed by atoms with van der Waals surface area (Å²) >= 11 is 0. The molecule has 0 aromatic carbocycles. The maximum atomic E-state index is 12.7. The Kier molecular flexibility index (Phi) is 47.5. The van der Waals surface area contributed by atoms with Crippen molar-refractivity contribution in [3.05, 3.63) is 109 Å². The van der Waals surface area contributed by atoms with E-state index in [9.17, 15) is 14.4 Å². The maximum Gasteiger partial charge on any atom is 0.306 e. The molecule has 0 saturated carbocycles. The summed E-state index contributed by atoms with van der Waals surface area (Å²) in [6.07, 6.45) is 67.9. The first-order valence-corrected chi connectivity index (χ1v) is 25.5. The highest BCUT2D eigenvalue weighted by atomic mass is 16.6. The van der Waals surface area contributed by atoms with Crippen molar-refractivity contribution in [2.24, 2.45) is 0 Å². The molecular weight excluding hydrogens is 781 g/mol. The second kappa shape index (κ2) is 50.7. The van der Waals surface area contributed by atoms with Crippen LogP contribution in [0, 0.1) is 0 Å². The fourth-order valence-corrected chi connectivity index (χ4v) is 6.64. The van der Waals surface area contributed by atoms with Crippen molar-refractivity contribution in [3.8, 4) is 0 Å². The Balaban J connectivity index is 4.48. The molecule has 63 heavy (non-hydrogen) atoms. The maximum absolute atomic E-state index is 12.7. The SMILES string of the molecule is CC/C=C/C=C/C=C/C=C/C=C/CCCC(=O)OC(COC(=O)CCCCCCCC/C=C/C/C=C/C/C=C/C/C=C/CC)COC(=O)CCCCCCCCCCCCCCC. The van der Waals surface area contributed by atoms with Gasteiger partial charge < -0.3 is 14.2 Å². The molecule has 0 aromatic heterocycles. The molecule has 0 heterocycles. The van der Waals surface area contributed by atoms with Crippen LogP contribution in [0.15, 0.2) is 109 Å². The van der Waals surface area contributed by atoms with Gasteiger partial charge in [-0.2, -0.15) is 0 Å². The number of hydrogen-bond acceptors (Lipinski definition) is 6. The summed E-state index contributed by atoms with van der Waals surface area (Å²) in [5, 5.41) is 0. The minimum atomic E-state index is -0.820. The molecule has 0 N–H and O–H groups in total. The highest BCUT2D eigenvalue weighted by Crippen LogP contribution is 2.14. The second-order valence-corrected chi connectivity index (χ2v) is 16.4. The normalized spacial score (nSPS) is 13.0. The van der Waals surface area contributed by atoms with E-state index in [-0.39, 0.29) is 37.5 Å². The molecule has 0 aromatic rings. The number of hydrogen-bond donors (Lipinski definition) is 0. The largest absolute Gasteiger partial charge is 0.462 e. The van der Waals surface area contributed by atoms with E-state index in [2.05, 4.69) is 75.5 Å². The van der Waals surface area contributed by atoms with Gasteiger partial charge in [0.05, 0.1) is 0 Å². The molecule has 0 saturated heterocycles. The molecular formula is C57H92O6. The minimum Gasteiger partial charge on any atom is -0.462 e. The average Bonchev–Trinajstić information content (AvgIpc) is 3.28. The van der Waals surface area contributed by atoms with E-state index in [1.807, 2.05) is 54.7 Å². The topological polar surface area (TPSA) is 78.9 Å². The number of esters is 3. The monoisotopic (exact) mass is 873 g/mol. The van der Waals surface area contributed by atoms with E-state index in [0.717, 1.165) is 89.9 Å². The molecule has 0 bridgehead atoms. The van der Waals surface area contributed by atoms with E-state index < -0.39 is 6.10 Å². The average molecular weight is 873 g/mol. The van der Waals surface area contributed by atoms with E-state index in [1.165, 1.54) is 77.0 Å². The molecule has 1 atom stereocenters. The first kappa shape index (κ1) is 59.1. The fraction of sp³-hybridized carbons (Fsp3) is 0.632. The van der Waals surface area contributed by atoms with E-state index in [0.29, 0.717) is 19.3 Å². The lowest BCUT2D eigenvalue weighted by Gasteiger charge is -2.18. The zero-order chi connectivity index (χ0) is 45.8. The predicted octanol–water partition coefficient (Wildman–Crippen LogP) is 16.8. The van der Waals surface area contributed by atoms with Gasteiger partial charge in [0, 0.05) is 19.3 Å². The second-order valence-electron chi connectivity index (χ2n) is 16.4. The first-order valence-electron chi connectivity index (χ1n) is 25.5. The van der Waals surface area contributed by atoms with Gasteiger partial charge in [-0.3, -0.25) is 14.4 Å². The third kappa shape index (κ3) is 49.0. The molecule has 1 unspecified atom stereocenters. The first-order chi connectivity index (χ1) is 31.0. The van der Waals surface area contributed by atoms with Gasteiger partial charge >= 0.3 is 17.9 Å². The quantitative estimate of drug-likeness (QED) is 0.0199. The molecule has 0 spiro atoms. The van der Waals surface area contributed by atoms with Crippen molar-refractivity contribution < 1.29 is 28.6 Å². The van der Waals surface area contributed by atoms with Gasteiger partial charge in [0.25, 0.3) is 0 Å². The van der Waals surface area contributed by atoms with Gasteiger partial charge in [0.15, 0.2) is 6.10 Å². The minimum absolute atomic E-state index is 0.112. The van der Waals surface area contributed by atoms with Crippen LogP contribution in [0.5, 0.6) is 0 Å². The van der Waals surface area contributed by atoms with Crippen LogP contribution in [0.3, 0.4) is 0 Å². The summed E-state index contributed by atoms with van der Waals surface area (Å²) in [6, 6.07) is 0. The van der Waals surface area contributed by atoms with Gasteiger partial charge in [-0.25, -0.2) is 0 Å². The van der Waals surface area contributed by atoms with Crippen LogP contribution in [-0.2, 0) is 28.6 Å². The lowest BCUT2D eigenvalue weighted by atomic mass is 10.0. The number of unbranched alkanes of at least 4 members (excludes halogenated alkanes) is 19. The van der Waals surface area contributed by atoms with Crippen LogP contribution in [-0.4, -0.2) is 37.2 Å². The van der Waals surface area contributed by atoms with Crippen LogP contribution in [0.2, 0.25) is 0 Å². The summed E-state index contributed by atoms with van der Waals surface area (Å²) in [7, 11) is 0. The molecule has 0 amide bonds. The van der Waals surface area contributed by atoms with E-state index >= 15 is 0 Å².